The Hall–Kier alpha value is -2.78. The van der Waals surface area contributed by atoms with Crippen molar-refractivity contribution in [3.8, 4) is 5.75 Å². The monoisotopic (exact) mass is 560 g/mol. The maximum atomic E-state index is 13.1. The van der Waals surface area contributed by atoms with Gasteiger partial charge >= 0.3 is 11.9 Å². The summed E-state index contributed by atoms with van der Waals surface area (Å²) in [4.78, 5) is 63.2. The van der Waals surface area contributed by atoms with E-state index in [1.165, 1.54) is 24.3 Å². The number of benzene rings is 1. The van der Waals surface area contributed by atoms with Crippen molar-refractivity contribution < 1.29 is 63.7 Å². The van der Waals surface area contributed by atoms with Crippen LogP contribution in [0, 0.1) is 0 Å². The second-order valence-corrected chi connectivity index (χ2v) is 9.92. The molecule has 1 unspecified atom stereocenters. The molecule has 38 heavy (non-hydrogen) atoms. The van der Waals surface area contributed by atoms with Gasteiger partial charge in [-0.1, -0.05) is 11.6 Å². The number of aliphatic hydroxyl groups excluding tert-OH is 1. The minimum atomic E-state index is -4.08. The van der Waals surface area contributed by atoms with Gasteiger partial charge in [-0.15, -0.1) is 0 Å². The number of rotatable bonds is 9. The third-order valence-electron chi connectivity index (χ3n) is 6.40. The molecule has 2 rings (SSSR count). The average Bonchev–Trinajstić information content (AvgIpc) is 2.80. The molecule has 1 fully saturated rings. The molecule has 1 aliphatic rings. The van der Waals surface area contributed by atoms with Gasteiger partial charge in [0.25, 0.3) is 5.60 Å². The van der Waals surface area contributed by atoms with E-state index in [0.29, 0.717) is 25.8 Å². The molecule has 210 valence electrons. The van der Waals surface area contributed by atoms with Crippen molar-refractivity contribution in [1.82, 2.24) is 0 Å². The molecule has 13 nitrogen and oxygen atoms in total. The lowest BCUT2D eigenvalue weighted by Gasteiger charge is -2.59. The number of Topliss-reactive ketones (excluding diaryl/α,β-unsaturated/α-hetero) is 4. The van der Waals surface area contributed by atoms with E-state index >= 15 is 0 Å². The van der Waals surface area contributed by atoms with Crippen LogP contribution < -0.4 is 4.74 Å². The standard InChI is InChI=1S/C24H29ClO13/c1-11(26)17(30)18-21(32,12(2)27)22(33,13(3)28)23(34,14(4)29)24(35,37-18)38-19(31)20(5,6)36-16-9-7-15(25)8-10-16/h7-10,17-18,30,32-35H,1-6H3/t17?,18-,21-,22+,23-,24-/m1/s1. The number of hydrogen-bond acceptors (Lipinski definition) is 13. The van der Waals surface area contributed by atoms with E-state index in [-0.39, 0.29) is 5.75 Å². The topological polar surface area (TPSA) is 214 Å². The SMILES string of the molecule is CC(=O)C(O)[C@H]1O[C@@](O)(OC(=O)C(C)(C)Oc2ccc(Cl)cc2)[C@@](O)(C(C)=O)[C@](O)(C(C)=O)[C@@]1(O)C(C)=O. The number of halogens is 1. The van der Waals surface area contributed by atoms with E-state index in [4.69, 9.17) is 25.8 Å². The maximum Gasteiger partial charge on any atom is 0.369 e. The summed E-state index contributed by atoms with van der Waals surface area (Å²) in [5.41, 5.74) is -13.8. The average molecular weight is 561 g/mol. The van der Waals surface area contributed by atoms with E-state index in [0.717, 1.165) is 20.8 Å². The Bertz CT molecular complexity index is 1160. The summed E-state index contributed by atoms with van der Waals surface area (Å²) in [5, 5.41) is 56.3. The predicted octanol–water partition coefficient (Wildman–Crippen LogP) is -1.00. The third-order valence-corrected chi connectivity index (χ3v) is 6.65. The number of ketones is 4. The van der Waals surface area contributed by atoms with E-state index in [1.54, 1.807) is 0 Å². The molecule has 1 aromatic carbocycles. The molecule has 0 saturated carbocycles. The Balaban J connectivity index is 2.75. The Morgan fingerprint density at radius 3 is 1.76 bits per heavy atom. The fraction of sp³-hybridized carbons (Fsp3) is 0.542. The zero-order valence-corrected chi connectivity index (χ0v) is 22.1. The van der Waals surface area contributed by atoms with Crippen molar-refractivity contribution in [3.05, 3.63) is 29.3 Å². The highest BCUT2D eigenvalue weighted by atomic mass is 35.5. The number of hydrogen-bond donors (Lipinski definition) is 5. The highest BCUT2D eigenvalue weighted by Gasteiger charge is 2.85. The minimum absolute atomic E-state index is 0.0748. The summed E-state index contributed by atoms with van der Waals surface area (Å²) in [6.07, 6.45) is -5.28. The van der Waals surface area contributed by atoms with Crippen LogP contribution in [0.3, 0.4) is 0 Å². The summed E-state index contributed by atoms with van der Waals surface area (Å²) >= 11 is 5.82. The van der Waals surface area contributed by atoms with Crippen LogP contribution in [0.1, 0.15) is 41.5 Å². The first-order valence-corrected chi connectivity index (χ1v) is 11.5. The second-order valence-electron chi connectivity index (χ2n) is 9.49. The summed E-state index contributed by atoms with van der Waals surface area (Å²) in [6.45, 7) is 4.67. The van der Waals surface area contributed by atoms with Crippen molar-refractivity contribution >= 4 is 40.7 Å². The van der Waals surface area contributed by atoms with Crippen LogP contribution in [0.5, 0.6) is 5.75 Å². The molecule has 0 aliphatic carbocycles. The van der Waals surface area contributed by atoms with Crippen LogP contribution in [0.25, 0.3) is 0 Å². The van der Waals surface area contributed by atoms with Crippen molar-refractivity contribution in [2.45, 2.75) is 82.1 Å². The van der Waals surface area contributed by atoms with Gasteiger partial charge in [0.1, 0.15) is 18.0 Å². The van der Waals surface area contributed by atoms with E-state index in [2.05, 4.69) is 0 Å². The molecule has 1 heterocycles. The normalized spacial score (nSPS) is 32.2. The van der Waals surface area contributed by atoms with Crippen molar-refractivity contribution in [2.24, 2.45) is 0 Å². The first-order chi connectivity index (χ1) is 17.1. The van der Waals surface area contributed by atoms with Crippen molar-refractivity contribution in [3.63, 3.8) is 0 Å². The van der Waals surface area contributed by atoms with Gasteiger partial charge in [0, 0.05) is 5.02 Å². The molecular weight excluding hydrogens is 532 g/mol. The number of carbonyl (C=O) groups is 5. The number of esters is 1. The Morgan fingerprint density at radius 2 is 1.37 bits per heavy atom. The molecule has 14 heteroatoms. The van der Waals surface area contributed by atoms with Gasteiger partial charge in [0.2, 0.25) is 5.60 Å². The summed E-state index contributed by atoms with van der Waals surface area (Å²) in [5.74, 6) is -11.7. The van der Waals surface area contributed by atoms with Crippen LogP contribution in [0.15, 0.2) is 24.3 Å². The molecule has 6 atom stereocenters. The molecule has 0 aromatic heterocycles. The molecule has 0 spiro atoms. The number of carbonyl (C=O) groups excluding carboxylic acids is 5. The highest BCUT2D eigenvalue weighted by Crippen LogP contribution is 2.51. The van der Waals surface area contributed by atoms with Crippen molar-refractivity contribution in [2.75, 3.05) is 0 Å². The quantitative estimate of drug-likeness (QED) is 0.181. The lowest BCUT2D eigenvalue weighted by Crippen LogP contribution is -2.91. The number of aliphatic hydroxyl groups is 5. The largest absolute Gasteiger partial charge is 0.476 e. The lowest BCUT2D eigenvalue weighted by molar-refractivity contribution is -0.478. The summed E-state index contributed by atoms with van der Waals surface area (Å²) in [7, 11) is 0. The summed E-state index contributed by atoms with van der Waals surface area (Å²) in [6, 6.07) is 5.59. The lowest BCUT2D eigenvalue weighted by atomic mass is 9.59. The zero-order valence-electron chi connectivity index (χ0n) is 21.3. The smallest absolute Gasteiger partial charge is 0.369 e. The maximum absolute atomic E-state index is 13.1. The van der Waals surface area contributed by atoms with E-state index in [9.17, 15) is 49.5 Å². The van der Waals surface area contributed by atoms with Crippen molar-refractivity contribution in [1.29, 1.82) is 0 Å². The minimum Gasteiger partial charge on any atom is -0.476 e. The van der Waals surface area contributed by atoms with Crippen LogP contribution in [-0.2, 0) is 33.4 Å². The molecule has 1 aromatic rings. The fourth-order valence-electron chi connectivity index (χ4n) is 4.20. The Morgan fingerprint density at radius 1 is 0.895 bits per heavy atom. The summed E-state index contributed by atoms with van der Waals surface area (Å²) < 4.78 is 15.5. The number of ether oxygens (including phenoxy) is 3. The fourth-order valence-corrected chi connectivity index (χ4v) is 4.33. The van der Waals surface area contributed by atoms with Gasteiger partial charge in [-0.25, -0.2) is 4.79 Å². The third kappa shape index (κ3) is 4.53. The molecule has 1 aliphatic heterocycles. The van der Waals surface area contributed by atoms with Crippen LogP contribution in [0.2, 0.25) is 5.02 Å². The van der Waals surface area contributed by atoms with Gasteiger partial charge in [-0.3, -0.25) is 19.2 Å². The second kappa shape index (κ2) is 10.1. The predicted molar refractivity (Wildman–Crippen MR) is 126 cm³/mol. The first-order valence-electron chi connectivity index (χ1n) is 11.1. The van der Waals surface area contributed by atoms with Crippen LogP contribution in [-0.4, -0.2) is 95.2 Å². The van der Waals surface area contributed by atoms with Gasteiger partial charge in [0.05, 0.1) is 0 Å². The Labute approximate surface area is 221 Å². The molecule has 0 amide bonds. The first kappa shape index (κ1) is 31.4. The molecule has 0 radical (unpaired) electrons. The van der Waals surface area contributed by atoms with Gasteiger partial charge < -0.3 is 39.7 Å². The highest BCUT2D eigenvalue weighted by molar-refractivity contribution is 6.30. The van der Waals surface area contributed by atoms with E-state index < -0.39 is 69.7 Å². The van der Waals surface area contributed by atoms with Gasteiger partial charge in [-0.05, 0) is 65.8 Å². The Kier molecular flexibility index (Phi) is 8.34. The zero-order chi connectivity index (χ0) is 29.6. The molecule has 0 bridgehead atoms. The van der Waals surface area contributed by atoms with Crippen LogP contribution >= 0.6 is 11.6 Å². The van der Waals surface area contributed by atoms with Gasteiger partial charge in [0.15, 0.2) is 34.3 Å². The molecular formula is C24H29ClO13. The van der Waals surface area contributed by atoms with Crippen LogP contribution in [0.4, 0.5) is 0 Å². The molecule has 5 N–H and O–H groups in total. The van der Waals surface area contributed by atoms with Gasteiger partial charge in [-0.2, -0.15) is 0 Å². The molecule has 1 saturated heterocycles. The van der Waals surface area contributed by atoms with E-state index in [1.807, 2.05) is 0 Å².